The standard InChI is InChI=1S/C16H22ClN3/c1-11-8-15(20(2)3)14-10-13(17)9-12(16(14)19-11)6-4-5-7-18/h8-10H,4-7,18H2,1-3H3. The van der Waals surface area contributed by atoms with Gasteiger partial charge in [0.05, 0.1) is 5.52 Å². The Hall–Kier alpha value is -1.32. The van der Waals surface area contributed by atoms with Crippen LogP contribution in [0, 0.1) is 6.92 Å². The van der Waals surface area contributed by atoms with Crippen molar-refractivity contribution in [2.45, 2.75) is 26.2 Å². The van der Waals surface area contributed by atoms with Crippen molar-refractivity contribution in [1.82, 2.24) is 4.98 Å². The second-order valence-electron chi connectivity index (χ2n) is 5.38. The molecule has 0 aliphatic rings. The number of nitrogens with two attached hydrogens (primary N) is 1. The van der Waals surface area contributed by atoms with Crippen molar-refractivity contribution in [3.63, 3.8) is 0 Å². The predicted molar refractivity (Wildman–Crippen MR) is 87.8 cm³/mol. The van der Waals surface area contributed by atoms with E-state index in [1.54, 1.807) is 0 Å². The number of nitrogens with zero attached hydrogens (tertiary/aromatic N) is 2. The molecule has 0 atom stereocenters. The predicted octanol–water partition coefficient (Wildman–Crippen LogP) is 3.54. The molecule has 1 aromatic heterocycles. The molecule has 3 nitrogen and oxygen atoms in total. The van der Waals surface area contributed by atoms with Crippen LogP contribution in [-0.4, -0.2) is 25.6 Å². The van der Waals surface area contributed by atoms with Crippen molar-refractivity contribution >= 4 is 28.2 Å². The number of rotatable bonds is 5. The third kappa shape index (κ3) is 3.22. The van der Waals surface area contributed by atoms with Gasteiger partial charge in [-0.3, -0.25) is 4.98 Å². The van der Waals surface area contributed by atoms with E-state index in [4.69, 9.17) is 22.3 Å². The van der Waals surface area contributed by atoms with Crippen LogP contribution >= 0.6 is 11.6 Å². The van der Waals surface area contributed by atoms with Crippen LogP contribution in [0.5, 0.6) is 0 Å². The number of aromatic nitrogens is 1. The molecule has 0 saturated heterocycles. The van der Waals surface area contributed by atoms with Gasteiger partial charge in [0.25, 0.3) is 0 Å². The lowest BCUT2D eigenvalue weighted by molar-refractivity contribution is 0.746. The van der Waals surface area contributed by atoms with Crippen LogP contribution in [0.25, 0.3) is 10.9 Å². The molecule has 0 saturated carbocycles. The molecule has 0 spiro atoms. The summed E-state index contributed by atoms with van der Waals surface area (Å²) < 4.78 is 0. The maximum absolute atomic E-state index is 6.28. The monoisotopic (exact) mass is 291 g/mol. The molecular formula is C16H22ClN3. The van der Waals surface area contributed by atoms with Crippen molar-refractivity contribution in [2.24, 2.45) is 5.73 Å². The zero-order valence-electron chi connectivity index (χ0n) is 12.4. The average Bonchev–Trinajstić information content (AvgIpc) is 2.38. The maximum Gasteiger partial charge on any atom is 0.0759 e. The van der Waals surface area contributed by atoms with Gasteiger partial charge in [0.1, 0.15) is 0 Å². The molecule has 2 N–H and O–H groups in total. The Morgan fingerprint density at radius 3 is 2.60 bits per heavy atom. The highest BCUT2D eigenvalue weighted by molar-refractivity contribution is 6.31. The molecule has 0 aliphatic heterocycles. The lowest BCUT2D eigenvalue weighted by Gasteiger charge is -2.18. The average molecular weight is 292 g/mol. The zero-order valence-corrected chi connectivity index (χ0v) is 13.2. The van der Waals surface area contributed by atoms with Crippen LogP contribution in [0.15, 0.2) is 18.2 Å². The number of unbranched alkanes of at least 4 members (excludes halogenated alkanes) is 1. The van der Waals surface area contributed by atoms with Crippen molar-refractivity contribution in [3.8, 4) is 0 Å². The first-order valence-corrected chi connectivity index (χ1v) is 7.38. The van der Waals surface area contributed by atoms with Crippen molar-refractivity contribution in [3.05, 3.63) is 34.5 Å². The summed E-state index contributed by atoms with van der Waals surface area (Å²) in [6.07, 6.45) is 3.07. The largest absolute Gasteiger partial charge is 0.377 e. The number of aryl methyl sites for hydroxylation is 2. The summed E-state index contributed by atoms with van der Waals surface area (Å²) in [5.41, 5.74) is 10.0. The number of anilines is 1. The number of pyridine rings is 1. The smallest absolute Gasteiger partial charge is 0.0759 e. The summed E-state index contributed by atoms with van der Waals surface area (Å²) in [6.45, 7) is 2.76. The summed E-state index contributed by atoms with van der Waals surface area (Å²) in [5, 5.41) is 1.89. The number of hydrogen-bond donors (Lipinski definition) is 1. The Morgan fingerprint density at radius 1 is 1.20 bits per heavy atom. The second kappa shape index (κ2) is 6.42. The van der Waals surface area contributed by atoms with Crippen LogP contribution in [0.3, 0.4) is 0 Å². The van der Waals surface area contributed by atoms with Crippen LogP contribution in [0.4, 0.5) is 5.69 Å². The Morgan fingerprint density at radius 2 is 1.95 bits per heavy atom. The highest BCUT2D eigenvalue weighted by atomic mass is 35.5. The van der Waals surface area contributed by atoms with Crippen LogP contribution in [-0.2, 0) is 6.42 Å². The van der Waals surface area contributed by atoms with E-state index in [0.29, 0.717) is 0 Å². The molecule has 0 unspecified atom stereocenters. The SMILES string of the molecule is Cc1cc(N(C)C)c2cc(Cl)cc(CCCCN)c2n1. The number of benzene rings is 1. The molecule has 0 radical (unpaired) electrons. The lowest BCUT2D eigenvalue weighted by atomic mass is 10.0. The maximum atomic E-state index is 6.28. The molecular weight excluding hydrogens is 270 g/mol. The first-order valence-electron chi connectivity index (χ1n) is 7.00. The summed E-state index contributed by atoms with van der Waals surface area (Å²) in [6, 6.07) is 6.14. The number of halogens is 1. The summed E-state index contributed by atoms with van der Waals surface area (Å²) in [4.78, 5) is 6.83. The van der Waals surface area contributed by atoms with Gasteiger partial charge in [0.2, 0.25) is 0 Å². The Balaban J connectivity index is 2.57. The third-order valence-corrected chi connectivity index (χ3v) is 3.66. The van der Waals surface area contributed by atoms with Gasteiger partial charge in [-0.1, -0.05) is 11.6 Å². The lowest BCUT2D eigenvalue weighted by Crippen LogP contribution is -2.10. The van der Waals surface area contributed by atoms with Gasteiger partial charge < -0.3 is 10.6 Å². The van der Waals surface area contributed by atoms with E-state index in [2.05, 4.69) is 11.0 Å². The third-order valence-electron chi connectivity index (χ3n) is 3.45. The summed E-state index contributed by atoms with van der Waals surface area (Å²) >= 11 is 6.28. The van der Waals surface area contributed by atoms with Gasteiger partial charge in [-0.05, 0) is 56.5 Å². The summed E-state index contributed by atoms with van der Waals surface area (Å²) in [7, 11) is 4.09. The van der Waals surface area contributed by atoms with E-state index < -0.39 is 0 Å². The Labute approximate surface area is 125 Å². The quantitative estimate of drug-likeness (QED) is 0.857. The van der Waals surface area contributed by atoms with Gasteiger partial charge in [-0.2, -0.15) is 0 Å². The first-order chi connectivity index (χ1) is 9.52. The molecule has 2 aromatic rings. The van der Waals surface area contributed by atoms with Crippen LogP contribution < -0.4 is 10.6 Å². The fourth-order valence-corrected chi connectivity index (χ4v) is 2.73. The molecule has 1 aromatic carbocycles. The summed E-state index contributed by atoms with van der Waals surface area (Å²) in [5.74, 6) is 0. The van der Waals surface area contributed by atoms with E-state index >= 15 is 0 Å². The van der Waals surface area contributed by atoms with Gasteiger partial charge in [0.15, 0.2) is 0 Å². The van der Waals surface area contributed by atoms with E-state index in [0.717, 1.165) is 53.1 Å². The molecule has 4 heteroatoms. The highest BCUT2D eigenvalue weighted by Gasteiger charge is 2.11. The fourth-order valence-electron chi connectivity index (χ4n) is 2.49. The molecule has 2 rings (SSSR count). The number of fused-ring (bicyclic) bond motifs is 1. The zero-order chi connectivity index (χ0) is 14.7. The molecule has 108 valence electrons. The molecule has 1 heterocycles. The molecule has 0 fully saturated rings. The second-order valence-corrected chi connectivity index (χ2v) is 5.82. The molecule has 0 bridgehead atoms. The van der Waals surface area contributed by atoms with Crippen molar-refractivity contribution < 1.29 is 0 Å². The normalized spacial score (nSPS) is 11.1. The van der Waals surface area contributed by atoms with Crippen molar-refractivity contribution in [1.29, 1.82) is 0 Å². The topological polar surface area (TPSA) is 42.1 Å². The van der Waals surface area contributed by atoms with Crippen molar-refractivity contribution in [2.75, 3.05) is 25.5 Å². The highest BCUT2D eigenvalue weighted by Crippen LogP contribution is 2.31. The Bertz CT molecular complexity index is 608. The minimum Gasteiger partial charge on any atom is -0.377 e. The van der Waals surface area contributed by atoms with Gasteiger partial charge in [-0.25, -0.2) is 0 Å². The minimum atomic E-state index is 0.730. The Kier molecular flexibility index (Phi) is 4.84. The van der Waals surface area contributed by atoms with Gasteiger partial charge >= 0.3 is 0 Å². The molecule has 0 amide bonds. The number of hydrogen-bond acceptors (Lipinski definition) is 3. The van der Waals surface area contributed by atoms with Gasteiger partial charge in [-0.15, -0.1) is 0 Å². The van der Waals surface area contributed by atoms with Gasteiger partial charge in [0, 0.05) is 35.9 Å². The van der Waals surface area contributed by atoms with E-state index in [-0.39, 0.29) is 0 Å². The van der Waals surface area contributed by atoms with E-state index in [1.807, 2.05) is 33.2 Å². The van der Waals surface area contributed by atoms with E-state index in [9.17, 15) is 0 Å². The molecule has 20 heavy (non-hydrogen) atoms. The van der Waals surface area contributed by atoms with E-state index in [1.165, 1.54) is 5.56 Å². The van der Waals surface area contributed by atoms with Crippen LogP contribution in [0.2, 0.25) is 5.02 Å². The first kappa shape index (κ1) is 15.1. The van der Waals surface area contributed by atoms with Crippen LogP contribution in [0.1, 0.15) is 24.1 Å². The fraction of sp³-hybridized carbons (Fsp3) is 0.438. The molecule has 0 aliphatic carbocycles. The minimum absolute atomic E-state index is 0.730.